The summed E-state index contributed by atoms with van der Waals surface area (Å²) in [4.78, 5) is 0. The highest BCUT2D eigenvalue weighted by molar-refractivity contribution is 5.38. The Kier molecular flexibility index (Phi) is 5.22. The average molecular weight is 228 g/mol. The van der Waals surface area contributed by atoms with Crippen molar-refractivity contribution in [1.29, 1.82) is 0 Å². The van der Waals surface area contributed by atoms with Crippen molar-refractivity contribution < 1.29 is 19.0 Å². The normalized spacial score (nSPS) is 10.5. The van der Waals surface area contributed by atoms with Crippen LogP contribution in [0.1, 0.15) is 17.5 Å². The van der Waals surface area contributed by atoms with Gasteiger partial charge in [-0.15, -0.1) is 0 Å². The second-order valence-electron chi connectivity index (χ2n) is 3.53. The molecule has 4 heteroatoms. The topological polar surface area (TPSA) is 38.7 Å². The molecule has 0 bridgehead atoms. The molecule has 0 saturated carbocycles. The van der Waals surface area contributed by atoms with E-state index < -0.39 is 0 Å². The van der Waals surface area contributed by atoms with E-state index >= 15 is 0 Å². The summed E-state index contributed by atoms with van der Waals surface area (Å²) in [6, 6.07) is 3.26. The zero-order valence-electron chi connectivity index (χ0n) is 9.62. The van der Waals surface area contributed by atoms with E-state index in [1.165, 1.54) is 13.2 Å². The zero-order chi connectivity index (χ0) is 12.0. The molecule has 1 aromatic rings. The molecule has 0 aromatic heterocycles. The summed E-state index contributed by atoms with van der Waals surface area (Å²) in [6.07, 6.45) is 1.18. The summed E-state index contributed by atoms with van der Waals surface area (Å²) < 4.78 is 23.6. The third kappa shape index (κ3) is 3.18. The van der Waals surface area contributed by atoms with E-state index in [2.05, 4.69) is 0 Å². The van der Waals surface area contributed by atoms with Gasteiger partial charge in [-0.2, -0.15) is 0 Å². The second-order valence-corrected chi connectivity index (χ2v) is 3.53. The van der Waals surface area contributed by atoms with E-state index in [0.717, 1.165) is 11.1 Å². The van der Waals surface area contributed by atoms with Crippen LogP contribution in [0.2, 0.25) is 0 Å². The highest BCUT2D eigenvalue weighted by Gasteiger charge is 2.11. The molecule has 0 heterocycles. The Labute approximate surface area is 94.8 Å². The Morgan fingerprint density at radius 1 is 1.31 bits per heavy atom. The third-order valence-electron chi connectivity index (χ3n) is 2.30. The lowest BCUT2D eigenvalue weighted by molar-refractivity contribution is 0.184. The fourth-order valence-corrected chi connectivity index (χ4v) is 1.65. The lowest BCUT2D eigenvalue weighted by Crippen LogP contribution is -2.00. The molecule has 0 saturated heterocycles. The summed E-state index contributed by atoms with van der Waals surface area (Å²) in [5, 5.41) is 8.77. The summed E-state index contributed by atoms with van der Waals surface area (Å²) in [5.74, 6) is -0.127. The van der Waals surface area contributed by atoms with Crippen molar-refractivity contribution >= 4 is 0 Å². The van der Waals surface area contributed by atoms with Gasteiger partial charge >= 0.3 is 0 Å². The van der Waals surface area contributed by atoms with E-state index in [1.807, 2.05) is 6.07 Å². The molecule has 0 unspecified atom stereocenters. The van der Waals surface area contributed by atoms with Gasteiger partial charge in [-0.1, -0.05) is 0 Å². The molecule has 3 nitrogen and oxygen atoms in total. The number of hydrogen-bond acceptors (Lipinski definition) is 3. The SMILES string of the molecule is COCc1cc(F)c(OC)c(CCCO)c1. The predicted molar refractivity (Wildman–Crippen MR) is 59.1 cm³/mol. The standard InChI is InChI=1S/C12H17FO3/c1-15-8-9-6-10(4-3-5-14)12(16-2)11(13)7-9/h6-7,14H,3-5,8H2,1-2H3. The third-order valence-corrected chi connectivity index (χ3v) is 2.30. The Morgan fingerprint density at radius 3 is 2.62 bits per heavy atom. The van der Waals surface area contributed by atoms with Crippen LogP contribution in [-0.2, 0) is 17.8 Å². The molecule has 0 amide bonds. The number of benzene rings is 1. The highest BCUT2D eigenvalue weighted by Crippen LogP contribution is 2.26. The average Bonchev–Trinajstić information content (AvgIpc) is 2.26. The maximum absolute atomic E-state index is 13.6. The van der Waals surface area contributed by atoms with Crippen LogP contribution in [0.15, 0.2) is 12.1 Å². The molecule has 0 fully saturated rings. The van der Waals surface area contributed by atoms with Crippen LogP contribution < -0.4 is 4.74 Å². The maximum atomic E-state index is 13.6. The molecule has 0 aliphatic rings. The van der Waals surface area contributed by atoms with Crippen molar-refractivity contribution in [3.05, 3.63) is 29.1 Å². The Hall–Kier alpha value is -1.13. The largest absolute Gasteiger partial charge is 0.493 e. The number of aliphatic hydroxyl groups excluding tert-OH is 1. The lowest BCUT2D eigenvalue weighted by Gasteiger charge is -2.11. The van der Waals surface area contributed by atoms with Crippen molar-refractivity contribution in [3.63, 3.8) is 0 Å². The number of ether oxygens (including phenoxy) is 2. The smallest absolute Gasteiger partial charge is 0.165 e. The minimum atomic E-state index is -0.384. The van der Waals surface area contributed by atoms with Crippen molar-refractivity contribution in [2.24, 2.45) is 0 Å². The van der Waals surface area contributed by atoms with Gasteiger partial charge in [0.05, 0.1) is 13.7 Å². The fourth-order valence-electron chi connectivity index (χ4n) is 1.65. The first-order valence-electron chi connectivity index (χ1n) is 5.18. The summed E-state index contributed by atoms with van der Waals surface area (Å²) in [7, 11) is 3.01. The molecule has 1 rings (SSSR count). The van der Waals surface area contributed by atoms with Gasteiger partial charge in [-0.25, -0.2) is 4.39 Å². The molecule has 0 aliphatic heterocycles. The fraction of sp³-hybridized carbons (Fsp3) is 0.500. The van der Waals surface area contributed by atoms with Gasteiger partial charge in [0.1, 0.15) is 0 Å². The van der Waals surface area contributed by atoms with Crippen molar-refractivity contribution in [2.45, 2.75) is 19.4 Å². The number of aryl methyl sites for hydroxylation is 1. The Morgan fingerprint density at radius 2 is 2.06 bits per heavy atom. The maximum Gasteiger partial charge on any atom is 0.165 e. The van der Waals surface area contributed by atoms with Gasteiger partial charge in [0.2, 0.25) is 0 Å². The van der Waals surface area contributed by atoms with Crippen molar-refractivity contribution in [3.8, 4) is 5.75 Å². The minimum absolute atomic E-state index is 0.0826. The van der Waals surface area contributed by atoms with Gasteiger partial charge in [-0.3, -0.25) is 0 Å². The Balaban J connectivity index is 2.99. The summed E-state index contributed by atoms with van der Waals surface area (Å²) >= 11 is 0. The summed E-state index contributed by atoms with van der Waals surface area (Å²) in [6.45, 7) is 0.451. The number of rotatable bonds is 6. The van der Waals surface area contributed by atoms with Crippen LogP contribution in [0.4, 0.5) is 4.39 Å². The molecule has 0 aliphatic carbocycles. The Bertz CT molecular complexity index is 339. The lowest BCUT2D eigenvalue weighted by atomic mass is 10.0. The molecule has 16 heavy (non-hydrogen) atoms. The molecular formula is C12H17FO3. The molecule has 1 N–H and O–H groups in total. The zero-order valence-corrected chi connectivity index (χ0v) is 9.62. The van der Waals surface area contributed by atoms with Gasteiger partial charge < -0.3 is 14.6 Å². The quantitative estimate of drug-likeness (QED) is 0.808. The number of methoxy groups -OCH3 is 2. The molecule has 90 valence electrons. The number of aliphatic hydroxyl groups is 1. The predicted octanol–water partition coefficient (Wildman–Crippen LogP) is 1.91. The van der Waals surface area contributed by atoms with E-state index in [4.69, 9.17) is 14.6 Å². The van der Waals surface area contributed by atoms with E-state index in [9.17, 15) is 4.39 Å². The van der Waals surface area contributed by atoms with Crippen LogP contribution in [-0.4, -0.2) is 25.9 Å². The summed E-state index contributed by atoms with van der Waals surface area (Å²) in [5.41, 5.74) is 1.54. The minimum Gasteiger partial charge on any atom is -0.493 e. The van der Waals surface area contributed by atoms with Crippen LogP contribution in [0.3, 0.4) is 0 Å². The van der Waals surface area contributed by atoms with Gasteiger partial charge in [0, 0.05) is 13.7 Å². The first kappa shape index (κ1) is 12.9. The van der Waals surface area contributed by atoms with Gasteiger partial charge in [-0.05, 0) is 36.1 Å². The molecule has 1 aromatic carbocycles. The van der Waals surface area contributed by atoms with Crippen molar-refractivity contribution in [1.82, 2.24) is 0 Å². The monoisotopic (exact) mass is 228 g/mol. The van der Waals surface area contributed by atoms with Crippen LogP contribution in [0.25, 0.3) is 0 Å². The number of hydrogen-bond donors (Lipinski definition) is 1. The molecule has 0 spiro atoms. The molecule has 0 atom stereocenters. The van der Waals surface area contributed by atoms with Crippen molar-refractivity contribution in [2.75, 3.05) is 20.8 Å². The first-order chi connectivity index (χ1) is 7.72. The first-order valence-corrected chi connectivity index (χ1v) is 5.18. The van der Waals surface area contributed by atoms with Crippen LogP contribution in [0, 0.1) is 5.82 Å². The van der Waals surface area contributed by atoms with Crippen LogP contribution in [0.5, 0.6) is 5.75 Å². The van der Waals surface area contributed by atoms with E-state index in [1.54, 1.807) is 7.11 Å². The molecule has 0 radical (unpaired) electrons. The van der Waals surface area contributed by atoms with Crippen LogP contribution >= 0.6 is 0 Å². The second kappa shape index (κ2) is 6.45. The van der Waals surface area contributed by atoms with Gasteiger partial charge in [0.25, 0.3) is 0 Å². The molecular weight excluding hydrogens is 211 g/mol. The van der Waals surface area contributed by atoms with E-state index in [0.29, 0.717) is 19.4 Å². The van der Waals surface area contributed by atoms with E-state index in [-0.39, 0.29) is 18.2 Å². The van der Waals surface area contributed by atoms with Gasteiger partial charge in [0.15, 0.2) is 11.6 Å². The number of halogens is 1. The highest BCUT2D eigenvalue weighted by atomic mass is 19.1.